The summed E-state index contributed by atoms with van der Waals surface area (Å²) in [5.74, 6) is -0.778. The molecular formula is C27H28FN7O3. The van der Waals surface area contributed by atoms with Gasteiger partial charge in [0.15, 0.2) is 0 Å². The van der Waals surface area contributed by atoms with Crippen molar-refractivity contribution in [2.24, 2.45) is 0 Å². The number of fused-ring (bicyclic) bond motifs is 4. The Morgan fingerprint density at radius 2 is 1.87 bits per heavy atom. The lowest BCUT2D eigenvalue weighted by atomic mass is 9.63. The molecule has 4 heterocycles. The van der Waals surface area contributed by atoms with Crippen molar-refractivity contribution in [1.29, 1.82) is 5.26 Å². The number of rotatable bonds is 6. The summed E-state index contributed by atoms with van der Waals surface area (Å²) in [5, 5.41) is 30.5. The monoisotopic (exact) mass is 517 g/mol. The van der Waals surface area contributed by atoms with Crippen molar-refractivity contribution < 1.29 is 19.1 Å². The van der Waals surface area contributed by atoms with Gasteiger partial charge in [-0.05, 0) is 62.8 Å². The van der Waals surface area contributed by atoms with E-state index in [-0.39, 0.29) is 31.1 Å². The van der Waals surface area contributed by atoms with Gasteiger partial charge >= 0.3 is 0 Å². The van der Waals surface area contributed by atoms with Crippen LogP contribution < -0.4 is 10.6 Å². The van der Waals surface area contributed by atoms with Crippen molar-refractivity contribution in [2.75, 3.05) is 25.0 Å². The number of pyridine rings is 1. The van der Waals surface area contributed by atoms with Crippen LogP contribution in [0, 0.1) is 11.3 Å². The second-order valence-electron chi connectivity index (χ2n) is 10.7. The normalized spacial score (nSPS) is 24.6. The Morgan fingerprint density at radius 3 is 2.55 bits per heavy atom. The molecule has 3 aromatic heterocycles. The number of alkyl halides is 1. The molecule has 0 spiro atoms. The van der Waals surface area contributed by atoms with E-state index in [4.69, 9.17) is 0 Å². The van der Waals surface area contributed by atoms with E-state index in [9.17, 15) is 24.3 Å². The summed E-state index contributed by atoms with van der Waals surface area (Å²) >= 11 is 0. The lowest BCUT2D eigenvalue weighted by Crippen LogP contribution is -2.54. The number of carbonyl (C=O) groups is 2. The highest BCUT2D eigenvalue weighted by atomic mass is 19.1. The fourth-order valence-corrected chi connectivity index (χ4v) is 5.76. The zero-order valence-electron chi connectivity index (χ0n) is 20.8. The average Bonchev–Trinajstić information content (AvgIpc) is 3.34. The second-order valence-corrected chi connectivity index (χ2v) is 10.7. The molecule has 38 heavy (non-hydrogen) atoms. The number of nitriles is 1. The highest BCUT2D eigenvalue weighted by Gasteiger charge is 2.48. The highest BCUT2D eigenvalue weighted by Crippen LogP contribution is 2.48. The number of nitrogens with one attached hydrogen (secondary N) is 2. The predicted octanol–water partition coefficient (Wildman–Crippen LogP) is 2.43. The third kappa shape index (κ3) is 4.35. The van der Waals surface area contributed by atoms with E-state index in [0.29, 0.717) is 47.5 Å². The Hall–Kier alpha value is -4.04. The van der Waals surface area contributed by atoms with E-state index in [1.54, 1.807) is 10.6 Å². The van der Waals surface area contributed by atoms with E-state index < -0.39 is 17.7 Å². The summed E-state index contributed by atoms with van der Waals surface area (Å²) in [5.41, 5.74) is 2.53. The molecular weight excluding hydrogens is 489 g/mol. The van der Waals surface area contributed by atoms with Crippen LogP contribution in [-0.4, -0.2) is 73.4 Å². The van der Waals surface area contributed by atoms with Gasteiger partial charge in [0.1, 0.15) is 12.2 Å². The molecule has 0 unspecified atom stereocenters. The summed E-state index contributed by atoms with van der Waals surface area (Å²) in [4.78, 5) is 31.4. The molecule has 1 aliphatic heterocycles. The largest absolute Gasteiger partial charge is 0.390 e. The van der Waals surface area contributed by atoms with E-state index in [2.05, 4.69) is 26.8 Å². The summed E-state index contributed by atoms with van der Waals surface area (Å²) in [6.07, 6.45) is 6.43. The zero-order chi connectivity index (χ0) is 26.5. The van der Waals surface area contributed by atoms with Crippen molar-refractivity contribution >= 4 is 23.0 Å². The van der Waals surface area contributed by atoms with Gasteiger partial charge in [-0.1, -0.05) is 0 Å². The van der Waals surface area contributed by atoms with Gasteiger partial charge in [0.25, 0.3) is 5.91 Å². The van der Waals surface area contributed by atoms with Crippen molar-refractivity contribution in [2.45, 2.75) is 55.8 Å². The van der Waals surface area contributed by atoms with E-state index in [1.807, 2.05) is 18.2 Å². The number of likely N-dealkylation sites (tertiary alicyclic amines) is 1. The first kappa shape index (κ1) is 24.3. The van der Waals surface area contributed by atoms with Crippen LogP contribution in [0.1, 0.15) is 54.4 Å². The minimum absolute atomic E-state index is 0.0573. The van der Waals surface area contributed by atoms with Crippen LogP contribution in [-0.2, 0) is 4.79 Å². The van der Waals surface area contributed by atoms with E-state index in [1.165, 1.54) is 17.3 Å². The molecule has 2 amide bonds. The molecule has 0 atom stereocenters. The first-order chi connectivity index (χ1) is 18.3. The molecule has 11 heteroatoms. The molecule has 0 aromatic carbocycles. The number of halogens is 1. The fraction of sp³-hybridized carbons (Fsp3) is 0.444. The van der Waals surface area contributed by atoms with Crippen LogP contribution in [0.5, 0.6) is 0 Å². The van der Waals surface area contributed by atoms with Crippen molar-refractivity contribution in [3.63, 3.8) is 0 Å². The van der Waals surface area contributed by atoms with Gasteiger partial charge in [-0.3, -0.25) is 14.6 Å². The maximum atomic E-state index is 13.2. The van der Waals surface area contributed by atoms with Gasteiger partial charge in [-0.25, -0.2) is 8.91 Å². The number of aliphatic hydroxyl groups is 1. The van der Waals surface area contributed by atoms with Crippen molar-refractivity contribution in [1.82, 2.24) is 24.8 Å². The third-order valence-electron chi connectivity index (χ3n) is 8.24. The minimum Gasteiger partial charge on any atom is -0.390 e. The van der Waals surface area contributed by atoms with Crippen LogP contribution in [0.25, 0.3) is 16.9 Å². The molecule has 10 nitrogen and oxygen atoms in total. The standard InChI is InChI=1S/C27H28FN7O3/c28-18-15-34(16-18)24(36)14-31-25(37)20-13-30-22(23-2-1-19-9-17(11-29)12-32-35(19)23)10-21(20)33-26-3-6-27(38,7-4-26)8-5-26/h1-2,9-10,12-13,18,38H,3-8,14-16H2,(H,30,33)(H,31,37). The van der Waals surface area contributed by atoms with Gasteiger partial charge < -0.3 is 20.6 Å². The summed E-state index contributed by atoms with van der Waals surface area (Å²) in [6.45, 7) is -0.108. The smallest absolute Gasteiger partial charge is 0.255 e. The van der Waals surface area contributed by atoms with Gasteiger partial charge in [0, 0.05) is 11.7 Å². The number of amides is 2. The van der Waals surface area contributed by atoms with Crippen LogP contribution in [0.4, 0.5) is 10.1 Å². The fourth-order valence-electron chi connectivity index (χ4n) is 5.76. The van der Waals surface area contributed by atoms with Crippen LogP contribution in [0.3, 0.4) is 0 Å². The summed E-state index contributed by atoms with van der Waals surface area (Å²) < 4.78 is 14.8. The van der Waals surface area contributed by atoms with Crippen LogP contribution >= 0.6 is 0 Å². The zero-order valence-corrected chi connectivity index (χ0v) is 20.8. The molecule has 3 saturated carbocycles. The van der Waals surface area contributed by atoms with Crippen molar-refractivity contribution in [3.05, 3.63) is 47.8 Å². The SMILES string of the molecule is N#Cc1cnn2c(-c3cc(NC45CCC(O)(CC4)CC5)c(C(=O)NCC(=O)N4CC(F)C4)cn3)ccc2c1. The molecule has 3 N–H and O–H groups in total. The molecule has 196 valence electrons. The van der Waals surface area contributed by atoms with Crippen LogP contribution in [0.15, 0.2) is 36.7 Å². The summed E-state index contributed by atoms with van der Waals surface area (Å²) in [6, 6.07) is 9.35. The van der Waals surface area contributed by atoms with Gasteiger partial charge in [-0.15, -0.1) is 0 Å². The number of anilines is 1. The highest BCUT2D eigenvalue weighted by molar-refractivity contribution is 6.01. The number of hydrogen-bond donors (Lipinski definition) is 3. The number of aromatic nitrogens is 3. The van der Waals surface area contributed by atoms with Crippen molar-refractivity contribution in [3.8, 4) is 17.5 Å². The Morgan fingerprint density at radius 1 is 1.13 bits per heavy atom. The molecule has 3 aliphatic carbocycles. The Balaban J connectivity index is 1.31. The first-order valence-electron chi connectivity index (χ1n) is 12.9. The van der Waals surface area contributed by atoms with E-state index >= 15 is 0 Å². The average molecular weight is 518 g/mol. The molecule has 0 radical (unpaired) electrons. The molecule has 4 fully saturated rings. The third-order valence-corrected chi connectivity index (χ3v) is 8.24. The Kier molecular flexibility index (Phi) is 5.79. The molecule has 7 rings (SSSR count). The number of nitrogens with zero attached hydrogens (tertiary/aromatic N) is 5. The molecule has 4 aliphatic rings. The van der Waals surface area contributed by atoms with E-state index in [0.717, 1.165) is 24.8 Å². The summed E-state index contributed by atoms with van der Waals surface area (Å²) in [7, 11) is 0. The molecule has 2 bridgehead atoms. The maximum Gasteiger partial charge on any atom is 0.255 e. The lowest BCUT2D eigenvalue weighted by Gasteiger charge is -2.51. The minimum atomic E-state index is -1.00. The van der Waals surface area contributed by atoms with Crippen LogP contribution in [0.2, 0.25) is 0 Å². The lowest BCUT2D eigenvalue weighted by molar-refractivity contribution is -0.137. The van der Waals surface area contributed by atoms with Gasteiger partial charge in [-0.2, -0.15) is 10.4 Å². The maximum absolute atomic E-state index is 13.2. The Bertz CT molecular complexity index is 1450. The Labute approximate surface area is 218 Å². The first-order valence-corrected chi connectivity index (χ1v) is 12.9. The number of hydrogen-bond acceptors (Lipinski definition) is 7. The number of carbonyl (C=O) groups excluding carboxylic acids is 2. The van der Waals surface area contributed by atoms with Gasteiger partial charge in [0.2, 0.25) is 5.91 Å². The van der Waals surface area contributed by atoms with Gasteiger partial charge in [0.05, 0.1) is 65.2 Å². The predicted molar refractivity (Wildman–Crippen MR) is 136 cm³/mol. The molecule has 1 saturated heterocycles. The topological polar surface area (TPSA) is 136 Å². The molecule has 3 aromatic rings. The second kappa shape index (κ2) is 9.06. The quantitative estimate of drug-likeness (QED) is 0.457.